The molecule has 1 unspecified atom stereocenters. The third kappa shape index (κ3) is 2.80. The maximum atomic E-state index is 2.57. The molecule has 0 aliphatic carbocycles. The monoisotopic (exact) mass is 209 g/mol. The molecule has 1 aromatic rings. The van der Waals surface area contributed by atoms with Crippen LogP contribution in [0.5, 0.6) is 0 Å². The summed E-state index contributed by atoms with van der Waals surface area (Å²) in [4.78, 5) is 0. The highest BCUT2D eigenvalue weighted by Gasteiger charge is 2.14. The van der Waals surface area contributed by atoms with E-state index in [2.05, 4.69) is 55.8 Å². The van der Waals surface area contributed by atoms with Crippen LogP contribution < -0.4 is 5.30 Å². The zero-order chi connectivity index (χ0) is 10.4. The number of benzene rings is 1. The van der Waals surface area contributed by atoms with Gasteiger partial charge in [0.15, 0.2) is 0 Å². The lowest BCUT2D eigenvalue weighted by molar-refractivity contribution is 0.510. The van der Waals surface area contributed by atoms with Crippen LogP contribution in [0.15, 0.2) is 30.3 Å². The average molecular weight is 209 g/mol. The van der Waals surface area contributed by atoms with E-state index in [-0.39, 0.29) is 8.07 Å². The van der Waals surface area contributed by atoms with Crippen molar-refractivity contribution in [3.63, 3.8) is 0 Å². The summed E-state index contributed by atoms with van der Waals surface area (Å²) < 4.78 is 2.57. The Balaban J connectivity index is 2.81. The molecule has 0 bridgehead atoms. The van der Waals surface area contributed by atoms with Crippen molar-refractivity contribution in [3.05, 3.63) is 30.3 Å². The van der Waals surface area contributed by atoms with Gasteiger partial charge < -0.3 is 0 Å². The summed E-state index contributed by atoms with van der Waals surface area (Å²) in [7, 11) is -0.0838. The Labute approximate surface area is 88.9 Å². The number of rotatable bonds is 5. The highest BCUT2D eigenvalue weighted by molar-refractivity contribution is 7.63. The second kappa shape index (κ2) is 6.16. The van der Waals surface area contributed by atoms with Crippen LogP contribution in [0.3, 0.4) is 0 Å². The summed E-state index contributed by atoms with van der Waals surface area (Å²) in [6.45, 7) is 9.10. The lowest BCUT2D eigenvalue weighted by atomic mass is 10.4. The fraction of sp³-hybridized carbons (Fsp3) is 0.500. The molecule has 1 aromatic carbocycles. The maximum absolute atomic E-state index is 2.57. The van der Waals surface area contributed by atoms with Crippen molar-refractivity contribution in [2.45, 2.75) is 20.8 Å². The van der Waals surface area contributed by atoms with Gasteiger partial charge in [-0.2, -0.15) is 0 Å². The van der Waals surface area contributed by atoms with Gasteiger partial charge in [-0.25, -0.2) is 0 Å². The van der Waals surface area contributed by atoms with E-state index in [0.29, 0.717) is 0 Å². The first-order chi connectivity index (χ1) is 6.83. The van der Waals surface area contributed by atoms with Crippen molar-refractivity contribution in [1.29, 1.82) is 0 Å². The molecule has 0 aliphatic heterocycles. The molecular weight excluding hydrogens is 189 g/mol. The lowest BCUT2D eigenvalue weighted by Gasteiger charge is -2.29. The van der Waals surface area contributed by atoms with Crippen LogP contribution >= 0.6 is 8.07 Å². The van der Waals surface area contributed by atoms with E-state index in [4.69, 9.17) is 0 Å². The van der Waals surface area contributed by atoms with Crippen LogP contribution in [0.4, 0.5) is 0 Å². The van der Waals surface area contributed by atoms with E-state index >= 15 is 0 Å². The summed E-state index contributed by atoms with van der Waals surface area (Å²) in [6.07, 6.45) is 1.25. The van der Waals surface area contributed by atoms with Gasteiger partial charge in [-0.15, -0.1) is 0 Å². The summed E-state index contributed by atoms with van der Waals surface area (Å²) in [5.74, 6) is 0. The van der Waals surface area contributed by atoms with Crippen LogP contribution in [-0.2, 0) is 0 Å². The predicted molar refractivity (Wildman–Crippen MR) is 66.5 cm³/mol. The van der Waals surface area contributed by atoms with Crippen LogP contribution in [0.2, 0.25) is 0 Å². The van der Waals surface area contributed by atoms with Crippen LogP contribution in [0.25, 0.3) is 0 Å². The SMILES string of the molecule is CCN(CC)P(CC)c1ccccc1. The molecule has 1 rings (SSSR count). The van der Waals surface area contributed by atoms with Crippen molar-refractivity contribution in [2.24, 2.45) is 0 Å². The van der Waals surface area contributed by atoms with Crippen molar-refractivity contribution >= 4 is 13.4 Å². The first-order valence-corrected chi connectivity index (χ1v) is 6.88. The summed E-state index contributed by atoms with van der Waals surface area (Å²) in [6, 6.07) is 10.9. The molecule has 2 heteroatoms. The third-order valence-corrected chi connectivity index (χ3v) is 5.17. The first kappa shape index (κ1) is 11.7. The molecular formula is C12H20NP. The highest BCUT2D eigenvalue weighted by Crippen LogP contribution is 2.37. The van der Waals surface area contributed by atoms with Gasteiger partial charge in [0.2, 0.25) is 0 Å². The van der Waals surface area contributed by atoms with Crippen LogP contribution in [0.1, 0.15) is 20.8 Å². The zero-order valence-corrected chi connectivity index (χ0v) is 10.3. The minimum absolute atomic E-state index is 0.0838. The second-order valence-corrected chi connectivity index (χ2v) is 5.70. The molecule has 0 N–H and O–H groups in total. The van der Waals surface area contributed by atoms with Gasteiger partial charge in [0.1, 0.15) is 0 Å². The third-order valence-electron chi connectivity index (χ3n) is 2.43. The zero-order valence-electron chi connectivity index (χ0n) is 9.40. The van der Waals surface area contributed by atoms with Gasteiger partial charge in [-0.05, 0) is 32.6 Å². The smallest absolute Gasteiger partial charge is 0.000485 e. The molecule has 78 valence electrons. The fourth-order valence-corrected chi connectivity index (χ4v) is 4.00. The molecule has 0 radical (unpaired) electrons. The van der Waals surface area contributed by atoms with Crippen LogP contribution in [-0.4, -0.2) is 23.9 Å². The van der Waals surface area contributed by atoms with E-state index in [1.807, 2.05) is 0 Å². The minimum atomic E-state index is -0.0838. The van der Waals surface area contributed by atoms with E-state index in [1.165, 1.54) is 11.5 Å². The van der Waals surface area contributed by atoms with Gasteiger partial charge in [-0.3, -0.25) is 4.67 Å². The molecule has 0 fully saturated rings. The van der Waals surface area contributed by atoms with Crippen molar-refractivity contribution in [3.8, 4) is 0 Å². The average Bonchev–Trinajstić information content (AvgIpc) is 2.27. The van der Waals surface area contributed by atoms with Crippen LogP contribution in [0, 0.1) is 0 Å². The molecule has 0 heterocycles. The predicted octanol–water partition coefficient (Wildman–Crippen LogP) is 3.07. The lowest BCUT2D eigenvalue weighted by Crippen LogP contribution is -2.23. The molecule has 0 spiro atoms. The minimum Gasteiger partial charge on any atom is -0.279 e. The summed E-state index contributed by atoms with van der Waals surface area (Å²) in [5, 5.41) is 1.51. The standard InChI is InChI=1S/C12H20NP/c1-4-13(5-2)14(6-3)12-10-8-7-9-11-12/h7-11H,4-6H2,1-3H3. The molecule has 1 atom stereocenters. The molecule has 0 amide bonds. The van der Waals surface area contributed by atoms with Gasteiger partial charge in [0.25, 0.3) is 0 Å². The number of nitrogens with zero attached hydrogens (tertiary/aromatic N) is 1. The quantitative estimate of drug-likeness (QED) is 0.674. The van der Waals surface area contributed by atoms with Gasteiger partial charge in [0, 0.05) is 0 Å². The second-order valence-electron chi connectivity index (χ2n) is 3.19. The Morgan fingerprint density at radius 1 is 1.00 bits per heavy atom. The molecule has 14 heavy (non-hydrogen) atoms. The Morgan fingerprint density at radius 3 is 2.00 bits per heavy atom. The summed E-state index contributed by atoms with van der Waals surface area (Å²) in [5.41, 5.74) is 0. The largest absolute Gasteiger partial charge is 0.279 e. The topological polar surface area (TPSA) is 3.24 Å². The maximum Gasteiger partial charge on any atom is -0.000485 e. The van der Waals surface area contributed by atoms with E-state index < -0.39 is 0 Å². The molecule has 0 aromatic heterocycles. The molecule has 1 nitrogen and oxygen atoms in total. The van der Waals surface area contributed by atoms with Gasteiger partial charge >= 0.3 is 0 Å². The first-order valence-electron chi connectivity index (χ1n) is 5.40. The normalized spacial score (nSPS) is 13.1. The van der Waals surface area contributed by atoms with Crippen molar-refractivity contribution in [1.82, 2.24) is 4.67 Å². The number of hydrogen-bond acceptors (Lipinski definition) is 1. The molecule has 0 saturated carbocycles. The Kier molecular flexibility index (Phi) is 5.14. The van der Waals surface area contributed by atoms with Gasteiger partial charge in [-0.1, -0.05) is 51.1 Å². The van der Waals surface area contributed by atoms with E-state index in [1.54, 1.807) is 0 Å². The summed E-state index contributed by atoms with van der Waals surface area (Å²) >= 11 is 0. The number of hydrogen-bond donors (Lipinski definition) is 0. The van der Waals surface area contributed by atoms with Crippen molar-refractivity contribution < 1.29 is 0 Å². The molecule has 0 saturated heterocycles. The highest BCUT2D eigenvalue weighted by atomic mass is 31.1. The molecule has 0 aliphatic rings. The van der Waals surface area contributed by atoms with Crippen molar-refractivity contribution in [2.75, 3.05) is 19.3 Å². The Morgan fingerprint density at radius 2 is 1.57 bits per heavy atom. The van der Waals surface area contributed by atoms with E-state index in [0.717, 1.165) is 13.1 Å². The van der Waals surface area contributed by atoms with E-state index in [9.17, 15) is 0 Å². The Hall–Kier alpha value is -0.390. The van der Waals surface area contributed by atoms with Gasteiger partial charge in [0.05, 0.1) is 0 Å². The Bertz CT molecular complexity index is 244. The fourth-order valence-electron chi connectivity index (χ4n) is 1.71.